The number of amides is 4. The van der Waals surface area contributed by atoms with E-state index in [9.17, 15) is 34.0 Å². The molecular weight excluding hydrogens is 805 g/mol. The van der Waals surface area contributed by atoms with Gasteiger partial charge in [0.1, 0.15) is 6.10 Å². The summed E-state index contributed by atoms with van der Waals surface area (Å²) in [5, 5.41) is 29.3. The highest BCUT2D eigenvalue weighted by molar-refractivity contribution is 8.00. The van der Waals surface area contributed by atoms with Crippen molar-refractivity contribution in [3.8, 4) is 0 Å². The lowest BCUT2D eigenvalue weighted by atomic mass is 9.79. The van der Waals surface area contributed by atoms with Crippen molar-refractivity contribution in [1.29, 1.82) is 0 Å². The van der Waals surface area contributed by atoms with Gasteiger partial charge in [0.25, 0.3) is 5.91 Å². The van der Waals surface area contributed by atoms with Crippen LogP contribution in [0.5, 0.6) is 0 Å². The van der Waals surface area contributed by atoms with Gasteiger partial charge >= 0.3 is 6.03 Å². The summed E-state index contributed by atoms with van der Waals surface area (Å²) in [5.41, 5.74) is 0.524. The number of hydrogen-bond acceptors (Lipinski definition) is 13. The van der Waals surface area contributed by atoms with Crippen molar-refractivity contribution in [2.75, 3.05) is 33.1 Å². The van der Waals surface area contributed by atoms with Crippen LogP contribution >= 0.6 is 11.8 Å². The molecule has 4 rings (SSSR count). The number of hydrogen-bond donors (Lipinski definition) is 6. The molecular formula is C44H66N6O10S. The number of fused-ring (bicyclic) bond motifs is 3. The second-order valence-corrected chi connectivity index (χ2v) is 18.4. The Morgan fingerprint density at radius 1 is 1.02 bits per heavy atom. The lowest BCUT2D eigenvalue weighted by molar-refractivity contribution is -0.121. The minimum Gasteiger partial charge on any atom is -0.390 e. The summed E-state index contributed by atoms with van der Waals surface area (Å²) in [6.45, 7) is 12.1. The summed E-state index contributed by atoms with van der Waals surface area (Å²) in [6.07, 6.45) is 9.95. The number of aliphatic hydroxyl groups is 1. The van der Waals surface area contributed by atoms with Crippen molar-refractivity contribution in [1.82, 2.24) is 26.6 Å². The smallest absolute Gasteiger partial charge is 0.315 e. The van der Waals surface area contributed by atoms with Gasteiger partial charge in [-0.2, -0.15) is 11.8 Å². The zero-order chi connectivity index (χ0) is 44.9. The number of carbonyl (C=O) groups is 5. The van der Waals surface area contributed by atoms with Gasteiger partial charge in [0.2, 0.25) is 17.5 Å². The maximum atomic E-state index is 14.0. The molecule has 0 saturated carbocycles. The molecule has 0 radical (unpaired) electrons. The molecule has 4 aliphatic rings. The normalized spacial score (nSPS) is 33.5. The first kappa shape index (κ1) is 49.3. The van der Waals surface area contributed by atoms with Crippen LogP contribution in [0.15, 0.2) is 63.8 Å². The number of methoxy groups -OCH3 is 2. The lowest BCUT2D eigenvalue weighted by Gasteiger charge is -2.35. The Morgan fingerprint density at radius 3 is 2.46 bits per heavy atom. The summed E-state index contributed by atoms with van der Waals surface area (Å²) in [5.74, 6) is -1.33. The van der Waals surface area contributed by atoms with Crippen LogP contribution in [-0.4, -0.2) is 108 Å². The Labute approximate surface area is 363 Å². The molecule has 0 aromatic carbocycles. The molecule has 2 saturated heterocycles. The van der Waals surface area contributed by atoms with E-state index >= 15 is 0 Å². The Kier molecular flexibility index (Phi) is 18.3. The monoisotopic (exact) mass is 870 g/mol. The fraction of sp³-hybridized carbons (Fsp3) is 0.659. The van der Waals surface area contributed by atoms with E-state index in [0.717, 1.165) is 43.9 Å². The number of urea groups is 1. The van der Waals surface area contributed by atoms with Crippen molar-refractivity contribution < 1.29 is 43.4 Å². The van der Waals surface area contributed by atoms with Crippen LogP contribution in [0.25, 0.3) is 0 Å². The SMILES string of the molecule is CO[C@H]1/C=C\C=C(/C)C(=O)NC2=CC(=O)C(NCCCCCNC(=O)CCCCC3SCC4(C)NC(=O)NC34C)=C(C[C@@H](C)C[C@H](OC)[C@H](O)[C@@H](C)/C=C(\C)[C@@H]1ON=O)C2=O. The van der Waals surface area contributed by atoms with Crippen LogP contribution in [0.3, 0.4) is 0 Å². The average Bonchev–Trinajstić information content (AvgIpc) is 3.59. The Morgan fingerprint density at radius 2 is 1.75 bits per heavy atom. The molecule has 4 amide bonds. The summed E-state index contributed by atoms with van der Waals surface area (Å²) >= 11 is 1.87. The van der Waals surface area contributed by atoms with E-state index in [0.29, 0.717) is 43.2 Å². The van der Waals surface area contributed by atoms with E-state index in [1.54, 1.807) is 32.1 Å². The molecule has 2 bridgehead atoms. The molecule has 3 unspecified atom stereocenters. The van der Waals surface area contributed by atoms with Gasteiger partial charge in [-0.1, -0.05) is 44.6 Å². The average molecular weight is 871 g/mol. The maximum Gasteiger partial charge on any atom is 0.315 e. The number of unbranched alkanes of at least 4 members (excludes halogenated alkanes) is 3. The van der Waals surface area contributed by atoms with E-state index < -0.39 is 47.8 Å². The zero-order valence-electron chi connectivity index (χ0n) is 36.9. The third kappa shape index (κ3) is 12.6. The summed E-state index contributed by atoms with van der Waals surface area (Å²) in [6, 6.07) is -0.115. The fourth-order valence-corrected chi connectivity index (χ4v) is 10.4. The van der Waals surface area contributed by atoms with Gasteiger partial charge in [-0.15, -0.1) is 4.91 Å². The molecule has 2 fully saturated rings. The van der Waals surface area contributed by atoms with Crippen molar-refractivity contribution >= 4 is 41.2 Å². The van der Waals surface area contributed by atoms with Crippen molar-refractivity contribution in [2.24, 2.45) is 17.2 Å². The zero-order valence-corrected chi connectivity index (χ0v) is 37.7. The number of ether oxygens (including phenoxy) is 2. The molecule has 17 heteroatoms. The number of allylic oxidation sites excluding steroid dienone is 4. The van der Waals surface area contributed by atoms with Crippen LogP contribution < -0.4 is 26.6 Å². The van der Waals surface area contributed by atoms with Gasteiger partial charge in [-0.3, -0.25) is 19.2 Å². The number of nitrogens with zero attached hydrogens (tertiary/aromatic N) is 1. The highest BCUT2D eigenvalue weighted by Gasteiger charge is 2.60. The Bertz CT molecular complexity index is 1800. The topological polar surface area (TPSA) is 223 Å². The first-order valence-electron chi connectivity index (χ1n) is 21.3. The summed E-state index contributed by atoms with van der Waals surface area (Å²) in [4.78, 5) is 81.8. The number of nitrogens with one attached hydrogen (secondary N) is 5. The number of aliphatic hydroxyl groups excluding tert-OH is 1. The van der Waals surface area contributed by atoms with Crippen molar-refractivity contribution in [2.45, 2.75) is 140 Å². The minimum absolute atomic E-state index is 0.00856. The van der Waals surface area contributed by atoms with Gasteiger partial charge in [-0.25, -0.2) is 4.79 Å². The molecule has 61 heavy (non-hydrogen) atoms. The van der Waals surface area contributed by atoms with Crippen molar-refractivity contribution in [3.05, 3.63) is 63.4 Å². The summed E-state index contributed by atoms with van der Waals surface area (Å²) < 4.78 is 11.3. The number of thioether (sulfide) groups is 1. The van der Waals surface area contributed by atoms with Gasteiger partial charge in [-0.05, 0) is 84.1 Å². The number of Topliss-reactive ketones (excluding diaryl/α,β-unsaturated/α-hetero) is 1. The van der Waals surface area contributed by atoms with Gasteiger partial charge < -0.3 is 46.0 Å². The molecule has 16 nitrogen and oxygen atoms in total. The van der Waals surface area contributed by atoms with Crippen LogP contribution in [0.1, 0.15) is 99.3 Å². The molecule has 9 atom stereocenters. The minimum atomic E-state index is -0.982. The molecule has 3 aliphatic heterocycles. The first-order valence-corrected chi connectivity index (χ1v) is 22.4. The van der Waals surface area contributed by atoms with Crippen LogP contribution in [-0.2, 0) is 33.5 Å². The van der Waals surface area contributed by atoms with Crippen LogP contribution in [0, 0.1) is 16.7 Å². The van der Waals surface area contributed by atoms with E-state index in [4.69, 9.17) is 14.3 Å². The van der Waals surface area contributed by atoms with Crippen molar-refractivity contribution in [3.63, 3.8) is 0 Å². The standard InChI is InChI=1S/C44H66N6O10S/c1-26-21-30-37(46-20-13-9-12-19-45-36(52)18-11-10-17-35-44(6)43(5,25-61-35)48-42(56)49-44)32(51)24-31(39(30)54)47-41(55)27(2)15-14-16-33(58-7)40(60-50-57)29(4)23-28(3)38(53)34(22-26)59-8/h14-16,23-24,26,28,33-35,38,40,46,53H,9-13,17-22,25H2,1-8H3,(H,45,52)(H,47,55)(H2,48,49,56)/b16-14-,27-15+,29-23+/t26-,28+,33+,34+,35?,38-,40+,43?,44?/m1/s1. The van der Waals surface area contributed by atoms with Gasteiger partial charge in [0.15, 0.2) is 11.4 Å². The number of ketones is 2. The Hall–Kier alpha value is -4.32. The number of rotatable bonds is 16. The summed E-state index contributed by atoms with van der Waals surface area (Å²) in [7, 11) is 2.93. The van der Waals surface area contributed by atoms with Crippen LogP contribution in [0.4, 0.5) is 4.79 Å². The van der Waals surface area contributed by atoms with Crippen LogP contribution in [0.2, 0.25) is 0 Å². The molecule has 338 valence electrons. The Balaban J connectivity index is 1.35. The number of carbonyl (C=O) groups excluding carboxylic acids is 5. The lowest BCUT2D eigenvalue weighted by Crippen LogP contribution is -2.58. The van der Waals surface area contributed by atoms with E-state index in [1.165, 1.54) is 20.3 Å². The second kappa shape index (κ2) is 22.7. The maximum absolute atomic E-state index is 14.0. The van der Waals surface area contributed by atoms with E-state index in [-0.39, 0.29) is 57.9 Å². The predicted molar refractivity (Wildman–Crippen MR) is 234 cm³/mol. The molecule has 0 aromatic heterocycles. The van der Waals surface area contributed by atoms with Gasteiger partial charge in [0, 0.05) is 67.9 Å². The fourth-order valence-electron chi connectivity index (χ4n) is 8.47. The highest BCUT2D eigenvalue weighted by Crippen LogP contribution is 2.47. The third-order valence-electron chi connectivity index (χ3n) is 12.4. The molecule has 0 aromatic rings. The second-order valence-electron chi connectivity index (χ2n) is 17.2. The largest absolute Gasteiger partial charge is 0.390 e. The van der Waals surface area contributed by atoms with E-state index in [1.807, 2.05) is 25.6 Å². The molecule has 0 spiro atoms. The highest BCUT2D eigenvalue weighted by atomic mass is 32.2. The third-order valence-corrected chi connectivity index (χ3v) is 14.3. The molecule has 1 aliphatic carbocycles. The van der Waals surface area contributed by atoms with E-state index in [2.05, 4.69) is 45.8 Å². The predicted octanol–water partition coefficient (Wildman–Crippen LogP) is 4.75. The first-order chi connectivity index (χ1) is 29.0. The quantitative estimate of drug-likeness (QED) is 0.0309. The molecule has 6 N–H and O–H groups in total. The molecule has 3 heterocycles. The van der Waals surface area contributed by atoms with Gasteiger partial charge in [0.05, 0.1) is 34.7 Å².